The first-order valence-electron chi connectivity index (χ1n) is 10.1. The fourth-order valence-electron chi connectivity index (χ4n) is 4.22. The van der Waals surface area contributed by atoms with E-state index in [2.05, 4.69) is 17.0 Å². The maximum absolute atomic E-state index is 13.1. The molecule has 2 aromatic heterocycles. The molecule has 2 aromatic carbocycles. The molecule has 30 heavy (non-hydrogen) atoms. The summed E-state index contributed by atoms with van der Waals surface area (Å²) in [5, 5.41) is 5.03. The third-order valence-corrected chi connectivity index (χ3v) is 6.05. The number of hydrogen-bond acceptors (Lipinski definition) is 3. The topological polar surface area (TPSA) is 71.0 Å². The highest BCUT2D eigenvalue weighted by atomic mass is 35.5. The number of likely N-dealkylation sites (tertiary alicyclic amines) is 1. The van der Waals surface area contributed by atoms with Gasteiger partial charge in [-0.2, -0.15) is 0 Å². The number of aromatic amines is 1. The van der Waals surface area contributed by atoms with E-state index in [4.69, 9.17) is 11.6 Å². The molecule has 1 atom stereocenters. The summed E-state index contributed by atoms with van der Waals surface area (Å²) in [5.41, 5.74) is 2.51. The predicted molar refractivity (Wildman–Crippen MR) is 119 cm³/mol. The van der Waals surface area contributed by atoms with E-state index in [1.54, 1.807) is 30.5 Å². The number of nitrogens with zero attached hydrogens (tertiary/aromatic N) is 3. The van der Waals surface area contributed by atoms with Gasteiger partial charge in [0.2, 0.25) is 0 Å². The highest BCUT2D eigenvalue weighted by Gasteiger charge is 2.22. The zero-order valence-corrected chi connectivity index (χ0v) is 17.3. The molecule has 0 radical (unpaired) electrons. The number of halogens is 1. The molecule has 1 saturated heterocycles. The van der Waals surface area contributed by atoms with E-state index in [9.17, 15) is 9.59 Å². The molecule has 4 aromatic rings. The van der Waals surface area contributed by atoms with Crippen LogP contribution in [0.1, 0.15) is 30.1 Å². The van der Waals surface area contributed by atoms with Gasteiger partial charge in [-0.25, -0.2) is 4.68 Å². The van der Waals surface area contributed by atoms with Crippen molar-refractivity contribution >= 4 is 39.3 Å². The molecule has 6 nitrogen and oxygen atoms in total. The van der Waals surface area contributed by atoms with E-state index in [1.165, 1.54) is 4.68 Å². The SMILES string of the molecule is CC1CCCN(C(=O)c2ccc3ncc4c(=O)n(-c5ccc(Cl)cc5)[nH]c4c3c2)C1. The number of piperidine rings is 1. The van der Waals surface area contributed by atoms with Gasteiger partial charge in [-0.1, -0.05) is 18.5 Å². The van der Waals surface area contributed by atoms with Gasteiger partial charge in [-0.05, 0) is 61.2 Å². The second-order valence-corrected chi connectivity index (χ2v) is 8.44. The molecule has 3 heterocycles. The molecule has 1 N–H and O–H groups in total. The Hall–Kier alpha value is -3.12. The zero-order valence-electron chi connectivity index (χ0n) is 16.6. The Bertz CT molecular complexity index is 1320. The van der Waals surface area contributed by atoms with Crippen molar-refractivity contribution in [2.45, 2.75) is 19.8 Å². The first-order valence-corrected chi connectivity index (χ1v) is 10.5. The molecule has 1 unspecified atom stereocenters. The Balaban J connectivity index is 1.63. The summed E-state index contributed by atoms with van der Waals surface area (Å²) in [5.74, 6) is 0.543. The number of fused-ring (bicyclic) bond motifs is 3. The number of carbonyl (C=O) groups is 1. The highest BCUT2D eigenvalue weighted by Crippen LogP contribution is 2.24. The molecule has 0 saturated carbocycles. The molecule has 0 spiro atoms. The van der Waals surface area contributed by atoms with E-state index >= 15 is 0 Å². The minimum atomic E-state index is -0.191. The number of benzene rings is 2. The lowest BCUT2D eigenvalue weighted by Crippen LogP contribution is -2.39. The van der Waals surface area contributed by atoms with Crippen LogP contribution in [0.2, 0.25) is 5.02 Å². The summed E-state index contributed by atoms with van der Waals surface area (Å²) in [7, 11) is 0. The average Bonchev–Trinajstić information content (AvgIpc) is 3.10. The summed E-state index contributed by atoms with van der Waals surface area (Å²) in [6.45, 7) is 3.74. The quantitative estimate of drug-likeness (QED) is 0.522. The third kappa shape index (κ3) is 3.17. The molecular formula is C23H21ClN4O2. The maximum Gasteiger partial charge on any atom is 0.280 e. The first-order chi connectivity index (χ1) is 14.5. The Morgan fingerprint density at radius 3 is 2.73 bits per heavy atom. The van der Waals surface area contributed by atoms with Gasteiger partial charge < -0.3 is 4.90 Å². The van der Waals surface area contributed by atoms with Crippen molar-refractivity contribution in [1.82, 2.24) is 19.7 Å². The van der Waals surface area contributed by atoms with Gasteiger partial charge in [0.25, 0.3) is 11.5 Å². The van der Waals surface area contributed by atoms with Gasteiger partial charge in [-0.3, -0.25) is 19.7 Å². The van der Waals surface area contributed by atoms with E-state index in [-0.39, 0.29) is 11.5 Å². The Morgan fingerprint density at radius 1 is 1.17 bits per heavy atom. The first kappa shape index (κ1) is 18.9. The van der Waals surface area contributed by atoms with Crippen molar-refractivity contribution < 1.29 is 4.79 Å². The molecule has 1 fully saturated rings. The van der Waals surface area contributed by atoms with Crippen LogP contribution in [0.15, 0.2) is 53.5 Å². The predicted octanol–water partition coefficient (Wildman–Crippen LogP) is 4.39. The van der Waals surface area contributed by atoms with Gasteiger partial charge in [0.05, 0.1) is 22.1 Å². The van der Waals surface area contributed by atoms with Crippen LogP contribution in [0.5, 0.6) is 0 Å². The van der Waals surface area contributed by atoms with Crippen molar-refractivity contribution in [1.29, 1.82) is 0 Å². The lowest BCUT2D eigenvalue weighted by atomic mass is 9.99. The van der Waals surface area contributed by atoms with Crippen LogP contribution in [0.25, 0.3) is 27.5 Å². The summed E-state index contributed by atoms with van der Waals surface area (Å²) in [4.78, 5) is 32.4. The number of carbonyl (C=O) groups excluding carboxylic acids is 1. The molecule has 1 aliphatic heterocycles. The zero-order chi connectivity index (χ0) is 20.8. The highest BCUT2D eigenvalue weighted by molar-refractivity contribution is 6.30. The summed E-state index contributed by atoms with van der Waals surface area (Å²) >= 11 is 5.97. The van der Waals surface area contributed by atoms with Gasteiger partial charge in [-0.15, -0.1) is 0 Å². The number of H-pyrrole nitrogens is 1. The van der Waals surface area contributed by atoms with Gasteiger partial charge in [0.15, 0.2) is 0 Å². The molecule has 0 aliphatic carbocycles. The fraction of sp³-hybridized carbons (Fsp3) is 0.261. The molecule has 152 valence electrons. The molecule has 1 amide bonds. The summed E-state index contributed by atoms with van der Waals surface area (Å²) < 4.78 is 1.48. The number of amides is 1. The Kier molecular flexibility index (Phi) is 4.59. The van der Waals surface area contributed by atoms with E-state index in [0.29, 0.717) is 33.1 Å². The van der Waals surface area contributed by atoms with Crippen LogP contribution in [0, 0.1) is 5.92 Å². The third-order valence-electron chi connectivity index (χ3n) is 5.80. The van der Waals surface area contributed by atoms with Crippen LogP contribution in [0.4, 0.5) is 0 Å². The normalized spacial score (nSPS) is 17.0. The second kappa shape index (κ2) is 7.29. The number of nitrogens with one attached hydrogen (secondary N) is 1. The van der Waals surface area contributed by atoms with Crippen LogP contribution in [-0.2, 0) is 0 Å². The van der Waals surface area contributed by atoms with Crippen molar-refractivity contribution in [2.75, 3.05) is 13.1 Å². The van der Waals surface area contributed by atoms with Gasteiger partial charge >= 0.3 is 0 Å². The molecule has 1 aliphatic rings. The fourth-order valence-corrected chi connectivity index (χ4v) is 4.35. The number of hydrogen-bond donors (Lipinski definition) is 1. The van der Waals surface area contributed by atoms with E-state index in [0.717, 1.165) is 36.8 Å². The van der Waals surface area contributed by atoms with Crippen LogP contribution in [-0.4, -0.2) is 38.7 Å². The number of pyridine rings is 1. The molecule has 7 heteroatoms. The maximum atomic E-state index is 13.1. The van der Waals surface area contributed by atoms with Crippen molar-refractivity contribution in [2.24, 2.45) is 5.92 Å². The lowest BCUT2D eigenvalue weighted by molar-refractivity contribution is 0.0683. The lowest BCUT2D eigenvalue weighted by Gasteiger charge is -2.31. The van der Waals surface area contributed by atoms with Gasteiger partial charge in [0, 0.05) is 35.3 Å². The number of aromatic nitrogens is 3. The molecule has 0 bridgehead atoms. The molecular weight excluding hydrogens is 400 g/mol. The minimum absolute atomic E-state index is 0.0277. The molecule has 5 rings (SSSR count). The largest absolute Gasteiger partial charge is 0.338 e. The van der Waals surface area contributed by atoms with Crippen LogP contribution < -0.4 is 5.56 Å². The van der Waals surface area contributed by atoms with Crippen molar-refractivity contribution in [3.8, 4) is 5.69 Å². The monoisotopic (exact) mass is 420 g/mol. The average molecular weight is 421 g/mol. The smallest absolute Gasteiger partial charge is 0.280 e. The second-order valence-electron chi connectivity index (χ2n) is 8.01. The summed E-state index contributed by atoms with van der Waals surface area (Å²) in [6, 6.07) is 12.5. The standard InChI is InChI=1S/C23H21ClN4O2/c1-14-3-2-10-27(13-14)22(29)15-4-9-20-18(11-15)21-19(12-25-20)23(30)28(26-21)17-7-5-16(24)6-8-17/h4-9,11-12,14,26H,2-3,10,13H2,1H3. The van der Waals surface area contributed by atoms with Crippen LogP contribution in [0.3, 0.4) is 0 Å². The van der Waals surface area contributed by atoms with E-state index < -0.39 is 0 Å². The van der Waals surface area contributed by atoms with Crippen LogP contribution >= 0.6 is 11.6 Å². The number of rotatable bonds is 2. The Morgan fingerprint density at radius 2 is 1.97 bits per heavy atom. The van der Waals surface area contributed by atoms with Gasteiger partial charge in [0.1, 0.15) is 0 Å². The van der Waals surface area contributed by atoms with Crippen molar-refractivity contribution in [3.63, 3.8) is 0 Å². The van der Waals surface area contributed by atoms with Crippen molar-refractivity contribution in [3.05, 3.63) is 69.6 Å². The van der Waals surface area contributed by atoms with E-state index in [1.807, 2.05) is 23.1 Å². The Labute approximate surface area is 178 Å². The minimum Gasteiger partial charge on any atom is -0.338 e. The summed E-state index contributed by atoms with van der Waals surface area (Å²) in [6.07, 6.45) is 3.77.